The molecule has 2 N–H and O–H groups in total. The number of nitrogen functional groups attached to an aromatic ring is 1. The van der Waals surface area contributed by atoms with Crippen LogP contribution in [0.3, 0.4) is 0 Å². The molecular formula is C12H19NO2. The van der Waals surface area contributed by atoms with Crippen LogP contribution in [-0.4, -0.2) is 14.2 Å². The highest BCUT2D eigenvalue weighted by Gasteiger charge is 2.13. The Morgan fingerprint density at radius 2 is 1.80 bits per heavy atom. The minimum Gasteiger partial charge on any atom is -0.496 e. The number of anilines is 1. The van der Waals surface area contributed by atoms with Crippen LogP contribution in [0.1, 0.15) is 24.5 Å². The Hall–Kier alpha value is -1.38. The van der Waals surface area contributed by atoms with Crippen molar-refractivity contribution in [1.29, 1.82) is 0 Å². The van der Waals surface area contributed by atoms with Gasteiger partial charge in [0, 0.05) is 6.07 Å². The van der Waals surface area contributed by atoms with Gasteiger partial charge in [-0.05, 0) is 24.5 Å². The monoisotopic (exact) mass is 209 g/mol. The number of ether oxygens (including phenoxy) is 2. The van der Waals surface area contributed by atoms with E-state index < -0.39 is 0 Å². The van der Waals surface area contributed by atoms with E-state index >= 15 is 0 Å². The summed E-state index contributed by atoms with van der Waals surface area (Å²) in [6.07, 6.45) is 2.01. The average molecular weight is 209 g/mol. The zero-order chi connectivity index (χ0) is 11.4. The highest BCUT2D eigenvalue weighted by Crippen LogP contribution is 2.35. The fourth-order valence-corrected chi connectivity index (χ4v) is 1.76. The van der Waals surface area contributed by atoms with Gasteiger partial charge in [-0.2, -0.15) is 0 Å². The molecule has 15 heavy (non-hydrogen) atoms. The van der Waals surface area contributed by atoms with E-state index in [4.69, 9.17) is 15.2 Å². The predicted octanol–water partition coefficient (Wildman–Crippen LogP) is 2.55. The van der Waals surface area contributed by atoms with Gasteiger partial charge in [0.15, 0.2) is 0 Å². The molecule has 0 fully saturated rings. The fourth-order valence-electron chi connectivity index (χ4n) is 1.76. The largest absolute Gasteiger partial charge is 0.496 e. The molecule has 0 saturated carbocycles. The number of rotatable bonds is 4. The maximum absolute atomic E-state index is 6.02. The second-order valence-corrected chi connectivity index (χ2v) is 3.55. The van der Waals surface area contributed by atoms with Crippen molar-refractivity contribution in [2.75, 3.05) is 20.0 Å². The Morgan fingerprint density at radius 3 is 2.27 bits per heavy atom. The first-order valence-corrected chi connectivity index (χ1v) is 5.15. The van der Waals surface area contributed by atoms with Gasteiger partial charge in [-0.3, -0.25) is 0 Å². The van der Waals surface area contributed by atoms with Crippen LogP contribution in [-0.2, 0) is 6.42 Å². The van der Waals surface area contributed by atoms with Crippen molar-refractivity contribution in [3.8, 4) is 11.5 Å². The van der Waals surface area contributed by atoms with E-state index in [1.54, 1.807) is 14.2 Å². The van der Waals surface area contributed by atoms with E-state index in [-0.39, 0.29) is 0 Å². The van der Waals surface area contributed by atoms with Crippen molar-refractivity contribution >= 4 is 5.69 Å². The molecule has 0 radical (unpaired) electrons. The lowest BCUT2D eigenvalue weighted by Gasteiger charge is -2.16. The normalized spacial score (nSPS) is 10.1. The highest BCUT2D eigenvalue weighted by molar-refractivity contribution is 5.65. The lowest BCUT2D eigenvalue weighted by molar-refractivity contribution is 0.392. The Kier molecular flexibility index (Phi) is 3.83. The van der Waals surface area contributed by atoms with Crippen LogP contribution < -0.4 is 15.2 Å². The van der Waals surface area contributed by atoms with Crippen molar-refractivity contribution in [2.45, 2.75) is 26.7 Å². The summed E-state index contributed by atoms with van der Waals surface area (Å²) in [7, 11) is 3.28. The van der Waals surface area contributed by atoms with Gasteiger partial charge >= 0.3 is 0 Å². The zero-order valence-corrected chi connectivity index (χ0v) is 9.89. The van der Waals surface area contributed by atoms with Gasteiger partial charge in [-0.25, -0.2) is 0 Å². The second kappa shape index (κ2) is 4.91. The molecule has 1 aromatic rings. The van der Waals surface area contributed by atoms with E-state index in [0.717, 1.165) is 35.4 Å². The van der Waals surface area contributed by atoms with Gasteiger partial charge in [0.05, 0.1) is 19.9 Å². The fraction of sp³-hybridized carbons (Fsp3) is 0.500. The van der Waals surface area contributed by atoms with Crippen molar-refractivity contribution in [3.05, 3.63) is 17.2 Å². The van der Waals surface area contributed by atoms with E-state index in [1.807, 2.05) is 13.0 Å². The summed E-state index contributed by atoms with van der Waals surface area (Å²) in [5.41, 5.74) is 9.00. The predicted molar refractivity (Wildman–Crippen MR) is 62.7 cm³/mol. The van der Waals surface area contributed by atoms with Crippen molar-refractivity contribution in [1.82, 2.24) is 0 Å². The van der Waals surface area contributed by atoms with Crippen LogP contribution in [0.15, 0.2) is 6.07 Å². The lowest BCUT2D eigenvalue weighted by Crippen LogP contribution is -2.03. The number of benzene rings is 1. The quantitative estimate of drug-likeness (QED) is 0.775. The Bertz CT molecular complexity index is 320. The molecule has 0 heterocycles. The van der Waals surface area contributed by atoms with Gasteiger partial charge in [0.25, 0.3) is 0 Å². The van der Waals surface area contributed by atoms with Crippen molar-refractivity contribution in [3.63, 3.8) is 0 Å². The van der Waals surface area contributed by atoms with Gasteiger partial charge in [0.2, 0.25) is 0 Å². The summed E-state index contributed by atoms with van der Waals surface area (Å²) in [5.74, 6) is 1.53. The molecule has 0 aromatic heterocycles. The van der Waals surface area contributed by atoms with Crippen LogP contribution in [0.25, 0.3) is 0 Å². The molecule has 0 aliphatic rings. The Labute approximate surface area is 91.2 Å². The molecule has 0 aliphatic heterocycles. The Balaban J connectivity index is 3.32. The molecule has 0 aliphatic carbocycles. The zero-order valence-electron chi connectivity index (χ0n) is 9.89. The van der Waals surface area contributed by atoms with Crippen LogP contribution in [0, 0.1) is 6.92 Å². The summed E-state index contributed by atoms with van der Waals surface area (Å²) >= 11 is 0. The van der Waals surface area contributed by atoms with Crippen LogP contribution >= 0.6 is 0 Å². The second-order valence-electron chi connectivity index (χ2n) is 3.55. The van der Waals surface area contributed by atoms with Gasteiger partial charge < -0.3 is 15.2 Å². The topological polar surface area (TPSA) is 44.5 Å². The summed E-state index contributed by atoms with van der Waals surface area (Å²) in [6, 6.07) is 1.84. The maximum Gasteiger partial charge on any atom is 0.145 e. The molecule has 84 valence electrons. The SMILES string of the molecule is CCCc1c(C)c(OC)cc(OC)c1N. The molecule has 3 heteroatoms. The van der Waals surface area contributed by atoms with E-state index in [9.17, 15) is 0 Å². The maximum atomic E-state index is 6.02. The first-order chi connectivity index (χ1) is 7.15. The molecule has 3 nitrogen and oxygen atoms in total. The molecule has 0 saturated heterocycles. The standard InChI is InChI=1S/C12H19NO2/c1-5-6-9-8(2)10(14-3)7-11(15-4)12(9)13/h7H,5-6,13H2,1-4H3. The average Bonchev–Trinajstić information content (AvgIpc) is 2.25. The summed E-state index contributed by atoms with van der Waals surface area (Å²) < 4.78 is 10.5. The molecular weight excluding hydrogens is 190 g/mol. The summed E-state index contributed by atoms with van der Waals surface area (Å²) in [4.78, 5) is 0. The molecule has 0 unspecified atom stereocenters. The molecule has 0 amide bonds. The summed E-state index contributed by atoms with van der Waals surface area (Å²) in [5, 5.41) is 0. The number of methoxy groups -OCH3 is 2. The van der Waals surface area contributed by atoms with E-state index in [1.165, 1.54) is 0 Å². The number of nitrogens with two attached hydrogens (primary N) is 1. The Morgan fingerprint density at radius 1 is 1.20 bits per heavy atom. The number of hydrogen-bond donors (Lipinski definition) is 1. The van der Waals surface area contributed by atoms with Crippen molar-refractivity contribution in [2.24, 2.45) is 0 Å². The third-order valence-electron chi connectivity index (χ3n) is 2.61. The number of hydrogen-bond acceptors (Lipinski definition) is 3. The van der Waals surface area contributed by atoms with Crippen LogP contribution in [0.4, 0.5) is 5.69 Å². The molecule has 0 atom stereocenters. The molecule has 1 aromatic carbocycles. The van der Waals surface area contributed by atoms with Crippen LogP contribution in [0.5, 0.6) is 11.5 Å². The molecule has 0 bridgehead atoms. The molecule has 1 rings (SSSR count). The lowest BCUT2D eigenvalue weighted by atomic mass is 10.0. The first kappa shape index (κ1) is 11.7. The van der Waals surface area contributed by atoms with E-state index in [0.29, 0.717) is 5.75 Å². The van der Waals surface area contributed by atoms with Crippen LogP contribution in [0.2, 0.25) is 0 Å². The summed E-state index contributed by atoms with van der Waals surface area (Å²) in [6.45, 7) is 4.16. The minimum atomic E-state index is 0.695. The minimum absolute atomic E-state index is 0.695. The smallest absolute Gasteiger partial charge is 0.145 e. The van der Waals surface area contributed by atoms with E-state index in [2.05, 4.69) is 6.92 Å². The molecule has 0 spiro atoms. The van der Waals surface area contributed by atoms with Gasteiger partial charge in [-0.1, -0.05) is 13.3 Å². The van der Waals surface area contributed by atoms with Crippen molar-refractivity contribution < 1.29 is 9.47 Å². The third-order valence-corrected chi connectivity index (χ3v) is 2.61. The van der Waals surface area contributed by atoms with Gasteiger partial charge in [-0.15, -0.1) is 0 Å². The first-order valence-electron chi connectivity index (χ1n) is 5.15. The highest BCUT2D eigenvalue weighted by atomic mass is 16.5. The van der Waals surface area contributed by atoms with Gasteiger partial charge in [0.1, 0.15) is 11.5 Å². The third kappa shape index (κ3) is 2.17.